The maximum atomic E-state index is 13.0. The molecule has 2 aromatic heterocycles. The average Bonchev–Trinajstić information content (AvgIpc) is 3.31. The summed E-state index contributed by atoms with van der Waals surface area (Å²) in [7, 11) is 0. The number of aromatic nitrogens is 2. The monoisotopic (exact) mass is 512 g/mol. The largest absolute Gasteiger partial charge is 0.619 e. The Morgan fingerprint density at radius 1 is 1.00 bits per heavy atom. The third-order valence-corrected chi connectivity index (χ3v) is 7.36. The Bertz CT molecular complexity index is 1120. The second-order valence-electron chi connectivity index (χ2n) is 8.45. The molecule has 1 unspecified atom stereocenters. The summed E-state index contributed by atoms with van der Waals surface area (Å²) in [6.45, 7) is -6.44. The van der Waals surface area contributed by atoms with Crippen molar-refractivity contribution in [3.63, 3.8) is 0 Å². The minimum absolute atomic E-state index is 0.365. The van der Waals surface area contributed by atoms with Crippen LogP contribution in [0, 0.1) is 5.21 Å². The fourth-order valence-electron chi connectivity index (χ4n) is 4.33. The Labute approximate surface area is 203 Å². The molecule has 1 atom stereocenters. The van der Waals surface area contributed by atoms with Gasteiger partial charge in [-0.3, -0.25) is 0 Å². The minimum Gasteiger partial charge on any atom is -0.619 e. The molecule has 35 heavy (non-hydrogen) atoms. The van der Waals surface area contributed by atoms with E-state index in [2.05, 4.69) is 14.5 Å². The fourth-order valence-corrected chi connectivity index (χ4v) is 5.52. The SMILES string of the molecule is [O-][n+]1ccc(CC(c2ccc(OC(F)F)c(OC(F)F)c2)c2cnc(C3(O)CCCCC3)s2)cc1. The van der Waals surface area contributed by atoms with Crippen LogP contribution < -0.4 is 14.2 Å². The van der Waals surface area contributed by atoms with Crippen LogP contribution in [0.5, 0.6) is 11.5 Å². The van der Waals surface area contributed by atoms with Crippen LogP contribution in [0.4, 0.5) is 17.6 Å². The number of nitrogens with zero attached hydrogens (tertiary/aromatic N) is 2. The van der Waals surface area contributed by atoms with E-state index in [1.807, 2.05) is 0 Å². The van der Waals surface area contributed by atoms with Crippen molar-refractivity contribution in [3.05, 3.63) is 75.1 Å². The molecule has 2 heterocycles. The van der Waals surface area contributed by atoms with E-state index in [0.29, 0.717) is 34.6 Å². The van der Waals surface area contributed by atoms with Gasteiger partial charge in [0.1, 0.15) is 10.6 Å². The van der Waals surface area contributed by atoms with Gasteiger partial charge in [-0.2, -0.15) is 22.3 Å². The number of ether oxygens (including phenoxy) is 2. The molecule has 1 aliphatic carbocycles. The summed E-state index contributed by atoms with van der Waals surface area (Å²) in [5.41, 5.74) is 0.287. The Morgan fingerprint density at radius 3 is 2.31 bits per heavy atom. The van der Waals surface area contributed by atoms with Gasteiger partial charge in [0.2, 0.25) is 0 Å². The summed E-state index contributed by atoms with van der Waals surface area (Å²) in [6, 6.07) is 7.20. The van der Waals surface area contributed by atoms with E-state index in [4.69, 9.17) is 0 Å². The lowest BCUT2D eigenvalue weighted by atomic mass is 9.85. The Balaban J connectivity index is 1.73. The van der Waals surface area contributed by atoms with E-state index < -0.39 is 36.2 Å². The van der Waals surface area contributed by atoms with Crippen molar-refractivity contribution >= 4 is 11.3 Å². The summed E-state index contributed by atoms with van der Waals surface area (Å²) >= 11 is 1.33. The van der Waals surface area contributed by atoms with Crippen LogP contribution >= 0.6 is 11.3 Å². The van der Waals surface area contributed by atoms with E-state index in [0.717, 1.165) is 29.7 Å². The number of thiazole rings is 1. The van der Waals surface area contributed by atoms with Crippen molar-refractivity contribution in [2.45, 2.75) is 63.3 Å². The number of hydrogen-bond acceptors (Lipinski definition) is 6. The fraction of sp³-hybridized carbons (Fsp3) is 0.417. The van der Waals surface area contributed by atoms with Gasteiger partial charge in [-0.15, -0.1) is 11.3 Å². The van der Waals surface area contributed by atoms with Gasteiger partial charge in [-0.1, -0.05) is 25.3 Å². The highest BCUT2D eigenvalue weighted by Gasteiger charge is 2.35. The second-order valence-corrected chi connectivity index (χ2v) is 9.51. The molecule has 3 aromatic rings. The van der Waals surface area contributed by atoms with Gasteiger partial charge < -0.3 is 19.8 Å². The van der Waals surface area contributed by atoms with Gasteiger partial charge in [0.25, 0.3) is 0 Å². The van der Waals surface area contributed by atoms with E-state index in [1.54, 1.807) is 18.3 Å². The van der Waals surface area contributed by atoms with Crippen molar-refractivity contribution in [2.24, 2.45) is 0 Å². The molecule has 1 aliphatic rings. The predicted octanol–water partition coefficient (Wildman–Crippen LogP) is 5.51. The lowest BCUT2D eigenvalue weighted by molar-refractivity contribution is -0.605. The molecule has 0 radical (unpaired) electrons. The first-order chi connectivity index (χ1) is 16.7. The molecular weight excluding hydrogens is 488 g/mol. The highest BCUT2D eigenvalue weighted by atomic mass is 32.1. The third-order valence-electron chi connectivity index (χ3n) is 6.06. The van der Waals surface area contributed by atoms with E-state index in [1.165, 1.54) is 41.9 Å². The standard InChI is InChI=1S/C24H24F4N2O4S/c25-22(26)33-18-5-4-16(13-19(18)34-23(27)28)17(12-15-6-10-30(32)11-7-15)20-14-29-21(35-20)24(31)8-2-1-3-9-24/h4-7,10-11,13-14,17,22-23,31H,1-3,8-9,12H2. The molecule has 1 saturated carbocycles. The van der Waals surface area contributed by atoms with Crippen LogP contribution in [0.2, 0.25) is 0 Å². The summed E-state index contributed by atoms with van der Waals surface area (Å²) in [5.74, 6) is -1.45. The van der Waals surface area contributed by atoms with Crippen molar-refractivity contribution in [1.82, 2.24) is 4.98 Å². The third kappa shape index (κ3) is 6.21. The van der Waals surface area contributed by atoms with Gasteiger partial charge >= 0.3 is 13.2 Å². The predicted molar refractivity (Wildman–Crippen MR) is 120 cm³/mol. The van der Waals surface area contributed by atoms with E-state index >= 15 is 0 Å². The molecule has 188 valence electrons. The van der Waals surface area contributed by atoms with Crippen molar-refractivity contribution < 1.29 is 36.9 Å². The minimum atomic E-state index is -3.24. The zero-order valence-electron chi connectivity index (χ0n) is 18.6. The first-order valence-corrected chi connectivity index (χ1v) is 11.9. The number of halogens is 4. The molecule has 0 saturated heterocycles. The number of pyridine rings is 1. The zero-order chi connectivity index (χ0) is 25.0. The van der Waals surface area contributed by atoms with E-state index in [9.17, 15) is 27.9 Å². The van der Waals surface area contributed by atoms with Gasteiger partial charge in [0, 0.05) is 29.1 Å². The first kappa shape index (κ1) is 25.2. The first-order valence-electron chi connectivity index (χ1n) is 11.1. The Hall–Kier alpha value is -2.92. The highest BCUT2D eigenvalue weighted by molar-refractivity contribution is 7.11. The van der Waals surface area contributed by atoms with Crippen molar-refractivity contribution in [3.8, 4) is 11.5 Å². The zero-order valence-corrected chi connectivity index (χ0v) is 19.4. The summed E-state index contributed by atoms with van der Waals surface area (Å²) < 4.78 is 61.0. The highest BCUT2D eigenvalue weighted by Crippen LogP contribution is 2.43. The Morgan fingerprint density at radius 2 is 1.66 bits per heavy atom. The summed E-state index contributed by atoms with van der Waals surface area (Å²) in [5, 5.41) is 23.2. The lowest BCUT2D eigenvalue weighted by Crippen LogP contribution is -2.28. The normalized spacial score (nSPS) is 16.4. The molecule has 11 heteroatoms. The number of alkyl halides is 4. The second kappa shape index (κ2) is 10.8. The average molecular weight is 513 g/mol. The quantitative estimate of drug-likeness (QED) is 0.233. The molecule has 1 N–H and O–H groups in total. The number of hydrogen-bond donors (Lipinski definition) is 1. The Kier molecular flexibility index (Phi) is 7.75. The topological polar surface area (TPSA) is 78.5 Å². The van der Waals surface area contributed by atoms with Crippen LogP contribution in [0.3, 0.4) is 0 Å². The van der Waals surface area contributed by atoms with Crippen LogP contribution in [0.15, 0.2) is 48.9 Å². The molecule has 4 rings (SSSR count). The van der Waals surface area contributed by atoms with Crippen molar-refractivity contribution in [1.29, 1.82) is 0 Å². The molecule has 0 bridgehead atoms. The summed E-state index contributed by atoms with van der Waals surface area (Å²) in [6.07, 6.45) is 8.77. The molecule has 6 nitrogen and oxygen atoms in total. The maximum Gasteiger partial charge on any atom is 0.387 e. The number of benzene rings is 1. The molecule has 0 aliphatic heterocycles. The van der Waals surface area contributed by atoms with Crippen LogP contribution in [-0.2, 0) is 12.0 Å². The molecular formula is C24H24F4N2O4S. The van der Waals surface area contributed by atoms with Gasteiger partial charge in [-0.25, -0.2) is 4.98 Å². The van der Waals surface area contributed by atoms with E-state index in [-0.39, 0.29) is 0 Å². The van der Waals surface area contributed by atoms with Gasteiger partial charge in [0.15, 0.2) is 23.9 Å². The molecule has 0 amide bonds. The van der Waals surface area contributed by atoms with Gasteiger partial charge in [0.05, 0.1) is 0 Å². The van der Waals surface area contributed by atoms with Crippen molar-refractivity contribution in [2.75, 3.05) is 0 Å². The van der Waals surface area contributed by atoms with Crippen LogP contribution in [0.1, 0.15) is 59.0 Å². The number of aliphatic hydroxyl groups is 1. The lowest BCUT2D eigenvalue weighted by Gasteiger charge is -2.29. The van der Waals surface area contributed by atoms with Crippen LogP contribution in [-0.4, -0.2) is 23.3 Å². The summed E-state index contributed by atoms with van der Waals surface area (Å²) in [4.78, 5) is 5.23. The smallest absolute Gasteiger partial charge is 0.387 e. The van der Waals surface area contributed by atoms with Gasteiger partial charge in [-0.05, 0) is 42.5 Å². The molecule has 1 fully saturated rings. The number of rotatable bonds is 9. The maximum absolute atomic E-state index is 13.0. The molecule has 1 aromatic carbocycles. The molecule has 0 spiro atoms. The van der Waals surface area contributed by atoms with Crippen LogP contribution in [0.25, 0.3) is 0 Å².